The number of thioether (sulfide) groups is 1. The molecule has 0 spiro atoms. The van der Waals surface area contributed by atoms with E-state index in [4.69, 9.17) is 16.6 Å². The predicted molar refractivity (Wildman–Crippen MR) is 151 cm³/mol. The van der Waals surface area contributed by atoms with Gasteiger partial charge in [0.05, 0.1) is 11.8 Å². The third-order valence-electron chi connectivity index (χ3n) is 6.97. The monoisotopic (exact) mass is 549 g/mol. The van der Waals surface area contributed by atoms with Crippen LogP contribution in [0.15, 0.2) is 71.9 Å². The van der Waals surface area contributed by atoms with Gasteiger partial charge in [0.2, 0.25) is 11.8 Å². The number of hydrogen-bond donors (Lipinski definition) is 1. The van der Waals surface area contributed by atoms with E-state index in [1.165, 1.54) is 11.8 Å². The first-order valence-electron chi connectivity index (χ1n) is 13.1. The maximum Gasteiger partial charge on any atom is 0.230 e. The molecule has 5 rings (SSSR count). The second-order valence-electron chi connectivity index (χ2n) is 9.94. The summed E-state index contributed by atoms with van der Waals surface area (Å²) in [5, 5.41) is 3.99. The van der Waals surface area contributed by atoms with Gasteiger partial charge in [-0.25, -0.2) is 9.97 Å². The van der Waals surface area contributed by atoms with Gasteiger partial charge in [-0.2, -0.15) is 0 Å². The van der Waals surface area contributed by atoms with Crippen LogP contribution in [-0.2, 0) is 16.0 Å². The molecule has 1 aliphatic carbocycles. The lowest BCUT2D eigenvalue weighted by atomic mass is 9.99. The number of benzene rings is 2. The number of amides is 2. The van der Waals surface area contributed by atoms with E-state index >= 15 is 0 Å². The number of aromatic nitrogens is 2. The van der Waals surface area contributed by atoms with Crippen LogP contribution in [-0.4, -0.2) is 58.1 Å². The number of hydrogen-bond acceptors (Lipinski definition) is 6. The van der Waals surface area contributed by atoms with E-state index in [0.29, 0.717) is 36.4 Å². The molecule has 198 valence electrons. The average Bonchev–Trinajstić information content (AvgIpc) is 3.78. The molecule has 3 aromatic rings. The van der Waals surface area contributed by atoms with E-state index in [0.717, 1.165) is 29.8 Å². The molecule has 9 heteroatoms. The summed E-state index contributed by atoms with van der Waals surface area (Å²) in [6, 6.07) is 21.9. The van der Waals surface area contributed by atoms with E-state index in [1.54, 1.807) is 6.07 Å². The summed E-state index contributed by atoms with van der Waals surface area (Å²) < 4.78 is 0. The highest BCUT2D eigenvalue weighted by Gasteiger charge is 2.37. The predicted octanol–water partition coefficient (Wildman–Crippen LogP) is 4.77. The summed E-state index contributed by atoms with van der Waals surface area (Å²) in [6.45, 7) is 4.13. The SMILES string of the molecule is CC1CN(c2cc(Cl)nc(SCC(=O)NC(Cc3ccccc3)c3ccccc3)n2)CCN1C(=O)C1CC1. The van der Waals surface area contributed by atoms with Gasteiger partial charge in [0.15, 0.2) is 5.16 Å². The molecule has 1 aliphatic heterocycles. The molecule has 2 amide bonds. The summed E-state index contributed by atoms with van der Waals surface area (Å²) in [5.41, 5.74) is 2.22. The Hall–Kier alpha value is -3.10. The quantitative estimate of drug-likeness (QED) is 0.235. The molecule has 1 N–H and O–H groups in total. The lowest BCUT2D eigenvalue weighted by Gasteiger charge is -2.40. The van der Waals surface area contributed by atoms with Crippen molar-refractivity contribution in [3.05, 3.63) is 83.0 Å². The summed E-state index contributed by atoms with van der Waals surface area (Å²) in [4.78, 5) is 38.7. The summed E-state index contributed by atoms with van der Waals surface area (Å²) in [6.07, 6.45) is 2.73. The Morgan fingerprint density at radius 1 is 1.05 bits per heavy atom. The molecule has 2 aromatic carbocycles. The van der Waals surface area contributed by atoms with E-state index in [1.807, 2.05) is 53.4 Å². The zero-order valence-electron chi connectivity index (χ0n) is 21.4. The van der Waals surface area contributed by atoms with E-state index in [-0.39, 0.29) is 35.6 Å². The highest BCUT2D eigenvalue weighted by Crippen LogP contribution is 2.33. The molecule has 1 saturated heterocycles. The number of carbonyl (C=O) groups is 2. The minimum atomic E-state index is -0.140. The van der Waals surface area contributed by atoms with Crippen LogP contribution >= 0.6 is 23.4 Å². The second kappa shape index (κ2) is 12.2. The molecule has 2 aliphatic rings. The van der Waals surface area contributed by atoms with Crippen molar-refractivity contribution < 1.29 is 9.59 Å². The molecule has 2 fully saturated rings. The Kier molecular flexibility index (Phi) is 8.49. The van der Waals surface area contributed by atoms with E-state index < -0.39 is 0 Å². The highest BCUT2D eigenvalue weighted by atomic mass is 35.5. The lowest BCUT2D eigenvalue weighted by molar-refractivity contribution is -0.135. The third-order valence-corrected chi connectivity index (χ3v) is 8.02. The van der Waals surface area contributed by atoms with Gasteiger partial charge in [0, 0.05) is 37.7 Å². The van der Waals surface area contributed by atoms with Gasteiger partial charge in [0.25, 0.3) is 0 Å². The molecular weight excluding hydrogens is 518 g/mol. The maximum absolute atomic E-state index is 13.0. The van der Waals surface area contributed by atoms with Crippen LogP contribution in [0.25, 0.3) is 0 Å². The van der Waals surface area contributed by atoms with Crippen molar-refractivity contribution in [2.24, 2.45) is 5.92 Å². The highest BCUT2D eigenvalue weighted by molar-refractivity contribution is 7.99. The number of anilines is 1. The normalized spacial score (nSPS) is 18.2. The first-order valence-corrected chi connectivity index (χ1v) is 14.4. The van der Waals surface area contributed by atoms with Gasteiger partial charge >= 0.3 is 0 Å². The van der Waals surface area contributed by atoms with Crippen LogP contribution in [0.1, 0.15) is 36.9 Å². The fourth-order valence-corrected chi connectivity index (χ4v) is 5.72. The molecule has 7 nitrogen and oxygen atoms in total. The minimum Gasteiger partial charge on any atom is -0.353 e. The summed E-state index contributed by atoms with van der Waals surface area (Å²) in [5.74, 6) is 1.31. The first-order chi connectivity index (χ1) is 18.5. The topological polar surface area (TPSA) is 78.4 Å². The van der Waals surface area contributed by atoms with Gasteiger partial charge in [-0.05, 0) is 37.3 Å². The number of nitrogens with one attached hydrogen (secondary N) is 1. The largest absolute Gasteiger partial charge is 0.353 e. The van der Waals surface area contributed by atoms with Crippen LogP contribution in [0.5, 0.6) is 0 Å². The summed E-state index contributed by atoms with van der Waals surface area (Å²) >= 11 is 7.62. The van der Waals surface area contributed by atoms with Gasteiger partial charge in [-0.3, -0.25) is 9.59 Å². The van der Waals surface area contributed by atoms with Crippen molar-refractivity contribution in [1.29, 1.82) is 0 Å². The van der Waals surface area contributed by atoms with Crippen LogP contribution in [0, 0.1) is 5.92 Å². The van der Waals surface area contributed by atoms with Gasteiger partial charge < -0.3 is 15.1 Å². The van der Waals surface area contributed by atoms with Crippen molar-refractivity contribution in [2.45, 2.75) is 43.4 Å². The van der Waals surface area contributed by atoms with Crippen LogP contribution < -0.4 is 10.2 Å². The van der Waals surface area contributed by atoms with E-state index in [9.17, 15) is 9.59 Å². The molecule has 2 unspecified atom stereocenters. The Morgan fingerprint density at radius 2 is 1.76 bits per heavy atom. The number of rotatable bonds is 9. The zero-order valence-corrected chi connectivity index (χ0v) is 23.0. The maximum atomic E-state index is 13.0. The number of halogens is 1. The Balaban J connectivity index is 1.20. The van der Waals surface area contributed by atoms with E-state index in [2.05, 4.69) is 34.3 Å². The molecule has 1 aromatic heterocycles. The van der Waals surface area contributed by atoms with Crippen molar-refractivity contribution in [3.63, 3.8) is 0 Å². The molecule has 2 heterocycles. The fraction of sp³-hybridized carbons (Fsp3) is 0.379. The summed E-state index contributed by atoms with van der Waals surface area (Å²) in [7, 11) is 0. The van der Waals surface area contributed by atoms with Crippen molar-refractivity contribution >= 4 is 41.0 Å². The van der Waals surface area contributed by atoms with Gasteiger partial charge in [-0.1, -0.05) is 84.0 Å². The van der Waals surface area contributed by atoms with Crippen molar-refractivity contribution in [3.8, 4) is 0 Å². The molecule has 0 radical (unpaired) electrons. The third kappa shape index (κ3) is 6.85. The second-order valence-corrected chi connectivity index (χ2v) is 11.3. The van der Waals surface area contributed by atoms with Crippen LogP contribution in [0.2, 0.25) is 5.15 Å². The fourth-order valence-electron chi connectivity index (χ4n) is 4.82. The van der Waals surface area contributed by atoms with Crippen molar-refractivity contribution in [1.82, 2.24) is 20.2 Å². The van der Waals surface area contributed by atoms with Gasteiger partial charge in [0.1, 0.15) is 11.0 Å². The van der Waals surface area contributed by atoms with Gasteiger partial charge in [-0.15, -0.1) is 0 Å². The average molecular weight is 550 g/mol. The van der Waals surface area contributed by atoms with Crippen LogP contribution in [0.3, 0.4) is 0 Å². The molecule has 2 atom stereocenters. The standard InChI is InChI=1S/C29H32ClN5O2S/c1-20-18-34(14-15-35(20)28(37)23-12-13-23)26-17-25(30)32-29(33-26)38-19-27(36)31-24(22-10-6-3-7-11-22)16-21-8-4-2-5-9-21/h2-11,17,20,23-24H,12-16,18-19H2,1H3,(H,31,36). The van der Waals surface area contributed by atoms with Crippen LogP contribution in [0.4, 0.5) is 5.82 Å². The number of nitrogens with zero attached hydrogens (tertiary/aromatic N) is 4. The molecule has 0 bridgehead atoms. The Labute approximate surface area is 233 Å². The molecule has 1 saturated carbocycles. The Morgan fingerprint density at radius 3 is 2.45 bits per heavy atom. The minimum absolute atomic E-state index is 0.0919. The van der Waals surface area contributed by atoms with Crippen molar-refractivity contribution in [2.75, 3.05) is 30.3 Å². The zero-order chi connectivity index (χ0) is 26.5. The molecular formula is C29H32ClN5O2S. The number of piperazine rings is 1. The molecule has 38 heavy (non-hydrogen) atoms. The lowest BCUT2D eigenvalue weighted by Crippen LogP contribution is -2.54. The Bertz CT molecular complexity index is 1260. The number of carbonyl (C=O) groups excluding carboxylic acids is 2. The smallest absolute Gasteiger partial charge is 0.230 e. The first kappa shape index (κ1) is 26.5.